The summed E-state index contributed by atoms with van der Waals surface area (Å²) < 4.78 is 4.79. The molecule has 0 spiro atoms. The highest BCUT2D eigenvalue weighted by molar-refractivity contribution is 5.98. The van der Waals surface area contributed by atoms with Crippen LogP contribution in [0.3, 0.4) is 0 Å². The van der Waals surface area contributed by atoms with Crippen LogP contribution >= 0.6 is 0 Å². The lowest BCUT2D eigenvalue weighted by Gasteiger charge is -2.38. The van der Waals surface area contributed by atoms with Crippen molar-refractivity contribution >= 4 is 23.5 Å². The molecule has 4 rings (SSSR count). The van der Waals surface area contributed by atoms with Gasteiger partial charge < -0.3 is 20.3 Å². The number of nitrogens with one attached hydrogen (secondary N) is 2. The van der Waals surface area contributed by atoms with Gasteiger partial charge in [0.15, 0.2) is 0 Å². The molecule has 1 saturated heterocycles. The molecule has 2 atom stereocenters. The summed E-state index contributed by atoms with van der Waals surface area (Å²) in [6, 6.07) is 13.4. The number of methoxy groups -OCH3 is 1. The molecule has 0 radical (unpaired) electrons. The summed E-state index contributed by atoms with van der Waals surface area (Å²) in [5.41, 5.74) is 6.35. The summed E-state index contributed by atoms with van der Waals surface area (Å²) in [7, 11) is 1.34. The third-order valence-electron chi connectivity index (χ3n) is 7.04. The largest absolute Gasteiger partial charge is 0.465 e. The van der Waals surface area contributed by atoms with Crippen LogP contribution in [0.5, 0.6) is 0 Å². The molecule has 1 fully saturated rings. The standard InChI is InChI=1S/C30H37N5O3/c1-6-22-17-32-30(33-26-13-19(2)12-20(3)14-26)34-27(22)18-31-25-10-11-35(21(4)15-25)28(36)23-8-7-9-24(16-23)29(37)38-5/h7-9,12-14,16-17,21,25,31H,6,10-11,15,18H2,1-5H3,(H,32,33,34)/t21-,25-/m1/s1. The van der Waals surface area contributed by atoms with Gasteiger partial charge >= 0.3 is 5.97 Å². The number of likely N-dealkylation sites (tertiary alicyclic amines) is 1. The number of nitrogens with zero attached hydrogens (tertiary/aromatic N) is 3. The van der Waals surface area contributed by atoms with Crippen molar-refractivity contribution in [2.45, 2.75) is 65.6 Å². The number of hydrogen-bond acceptors (Lipinski definition) is 7. The fourth-order valence-electron chi connectivity index (χ4n) is 5.09. The van der Waals surface area contributed by atoms with Crippen LogP contribution in [0.2, 0.25) is 0 Å². The Morgan fingerprint density at radius 1 is 1.11 bits per heavy atom. The van der Waals surface area contributed by atoms with Gasteiger partial charge in [-0.25, -0.2) is 14.8 Å². The van der Waals surface area contributed by atoms with E-state index in [2.05, 4.69) is 61.5 Å². The van der Waals surface area contributed by atoms with Crippen molar-refractivity contribution in [1.82, 2.24) is 20.2 Å². The molecule has 1 aromatic heterocycles. The quantitative estimate of drug-likeness (QED) is 0.409. The molecule has 2 aromatic carbocycles. The number of carbonyl (C=O) groups is 2. The van der Waals surface area contributed by atoms with Crippen LogP contribution in [-0.4, -0.2) is 52.5 Å². The average molecular weight is 516 g/mol. The summed E-state index contributed by atoms with van der Waals surface area (Å²) in [5.74, 6) is 0.0824. The Balaban J connectivity index is 1.38. The molecule has 3 aromatic rings. The fraction of sp³-hybridized carbons (Fsp3) is 0.400. The number of piperidine rings is 1. The summed E-state index contributed by atoms with van der Waals surface area (Å²) >= 11 is 0. The highest BCUT2D eigenvalue weighted by Crippen LogP contribution is 2.22. The fourth-order valence-corrected chi connectivity index (χ4v) is 5.09. The molecule has 1 aliphatic heterocycles. The maximum Gasteiger partial charge on any atom is 0.337 e. The number of esters is 1. The van der Waals surface area contributed by atoms with Crippen LogP contribution in [0.25, 0.3) is 0 Å². The maximum absolute atomic E-state index is 13.2. The first-order valence-electron chi connectivity index (χ1n) is 13.2. The van der Waals surface area contributed by atoms with Gasteiger partial charge in [0.05, 0.1) is 18.4 Å². The molecule has 0 saturated carbocycles. The number of anilines is 2. The van der Waals surface area contributed by atoms with Gasteiger partial charge in [-0.1, -0.05) is 19.1 Å². The monoisotopic (exact) mass is 515 g/mol. The van der Waals surface area contributed by atoms with Gasteiger partial charge in [0, 0.05) is 42.6 Å². The van der Waals surface area contributed by atoms with Crippen LogP contribution < -0.4 is 10.6 Å². The highest BCUT2D eigenvalue weighted by atomic mass is 16.5. The Hall–Kier alpha value is -3.78. The number of aromatic nitrogens is 2. The number of amides is 1. The molecular weight excluding hydrogens is 478 g/mol. The van der Waals surface area contributed by atoms with E-state index in [1.54, 1.807) is 24.3 Å². The van der Waals surface area contributed by atoms with Crippen molar-refractivity contribution in [3.8, 4) is 0 Å². The van der Waals surface area contributed by atoms with E-state index in [9.17, 15) is 9.59 Å². The number of aryl methyl sites for hydroxylation is 3. The van der Waals surface area contributed by atoms with E-state index in [0.717, 1.165) is 36.2 Å². The van der Waals surface area contributed by atoms with Gasteiger partial charge in [-0.3, -0.25) is 4.79 Å². The third-order valence-corrected chi connectivity index (χ3v) is 7.04. The minimum absolute atomic E-state index is 0.0622. The Kier molecular flexibility index (Phi) is 8.73. The first-order valence-corrected chi connectivity index (χ1v) is 13.2. The maximum atomic E-state index is 13.2. The molecule has 8 nitrogen and oxygen atoms in total. The minimum atomic E-state index is -0.445. The lowest BCUT2D eigenvalue weighted by atomic mass is 9.96. The predicted molar refractivity (Wildman–Crippen MR) is 149 cm³/mol. The number of rotatable bonds is 8. The SMILES string of the molecule is CCc1cnc(Nc2cc(C)cc(C)c2)nc1CN[C@@H]1CCN(C(=O)c2cccc(C(=O)OC)c2)[C@H](C)C1. The zero-order valence-electron chi connectivity index (χ0n) is 22.9. The molecule has 0 aliphatic carbocycles. The molecule has 1 aliphatic rings. The second-order valence-corrected chi connectivity index (χ2v) is 10.0. The molecule has 8 heteroatoms. The average Bonchev–Trinajstić information content (AvgIpc) is 2.90. The van der Waals surface area contributed by atoms with E-state index in [0.29, 0.717) is 30.2 Å². The zero-order valence-corrected chi connectivity index (χ0v) is 22.9. The second-order valence-electron chi connectivity index (χ2n) is 10.0. The lowest BCUT2D eigenvalue weighted by molar-refractivity contribution is 0.0600. The van der Waals surface area contributed by atoms with E-state index in [4.69, 9.17) is 9.72 Å². The summed E-state index contributed by atoms with van der Waals surface area (Å²) in [5, 5.41) is 7.01. The van der Waals surface area contributed by atoms with Crippen LogP contribution in [0, 0.1) is 13.8 Å². The topological polar surface area (TPSA) is 96.5 Å². The Labute approximate surface area is 224 Å². The molecular formula is C30H37N5O3. The zero-order chi connectivity index (χ0) is 27.2. The first kappa shape index (κ1) is 27.3. The first-order chi connectivity index (χ1) is 18.3. The Morgan fingerprint density at radius 2 is 1.84 bits per heavy atom. The van der Waals surface area contributed by atoms with Gasteiger partial charge in [-0.2, -0.15) is 0 Å². The van der Waals surface area contributed by atoms with E-state index >= 15 is 0 Å². The van der Waals surface area contributed by atoms with Gasteiger partial charge in [-0.05, 0) is 87.1 Å². The van der Waals surface area contributed by atoms with Gasteiger partial charge in [-0.15, -0.1) is 0 Å². The molecule has 200 valence electrons. The highest BCUT2D eigenvalue weighted by Gasteiger charge is 2.29. The van der Waals surface area contributed by atoms with Crippen molar-refractivity contribution < 1.29 is 14.3 Å². The van der Waals surface area contributed by atoms with Crippen molar-refractivity contribution in [3.63, 3.8) is 0 Å². The van der Waals surface area contributed by atoms with Crippen LogP contribution in [0.4, 0.5) is 11.6 Å². The smallest absolute Gasteiger partial charge is 0.337 e. The van der Waals surface area contributed by atoms with Crippen LogP contribution in [0.1, 0.15) is 69.8 Å². The van der Waals surface area contributed by atoms with Gasteiger partial charge in [0.1, 0.15) is 0 Å². The lowest BCUT2D eigenvalue weighted by Crippen LogP contribution is -2.49. The van der Waals surface area contributed by atoms with Gasteiger partial charge in [0.25, 0.3) is 5.91 Å². The summed E-state index contributed by atoms with van der Waals surface area (Å²) in [4.78, 5) is 36.3. The number of hydrogen-bond donors (Lipinski definition) is 2. The minimum Gasteiger partial charge on any atom is -0.465 e. The van der Waals surface area contributed by atoms with E-state index in [1.807, 2.05) is 11.1 Å². The molecule has 0 bridgehead atoms. The van der Waals surface area contributed by atoms with Crippen molar-refractivity contribution in [3.05, 3.63) is 82.2 Å². The van der Waals surface area contributed by atoms with Crippen molar-refractivity contribution in [2.75, 3.05) is 19.0 Å². The number of ether oxygens (including phenoxy) is 1. The Morgan fingerprint density at radius 3 is 2.53 bits per heavy atom. The summed E-state index contributed by atoms with van der Waals surface area (Å²) in [6.07, 6.45) is 4.44. The number of benzene rings is 2. The Bertz CT molecular complexity index is 1290. The van der Waals surface area contributed by atoms with Crippen molar-refractivity contribution in [1.29, 1.82) is 0 Å². The predicted octanol–water partition coefficient (Wildman–Crippen LogP) is 4.97. The molecule has 1 amide bonds. The van der Waals surface area contributed by atoms with Crippen LogP contribution in [-0.2, 0) is 17.7 Å². The molecule has 2 N–H and O–H groups in total. The molecule has 2 heterocycles. The van der Waals surface area contributed by atoms with Gasteiger partial charge in [0.2, 0.25) is 5.95 Å². The number of carbonyl (C=O) groups excluding carboxylic acids is 2. The summed E-state index contributed by atoms with van der Waals surface area (Å²) in [6.45, 7) is 9.62. The van der Waals surface area contributed by atoms with E-state index in [-0.39, 0.29) is 18.0 Å². The van der Waals surface area contributed by atoms with E-state index in [1.165, 1.54) is 18.2 Å². The van der Waals surface area contributed by atoms with E-state index < -0.39 is 5.97 Å². The molecule has 0 unspecified atom stereocenters. The third kappa shape index (κ3) is 6.55. The van der Waals surface area contributed by atoms with Crippen LogP contribution in [0.15, 0.2) is 48.7 Å². The second kappa shape index (κ2) is 12.2. The van der Waals surface area contributed by atoms with Crippen molar-refractivity contribution in [2.24, 2.45) is 0 Å². The molecule has 38 heavy (non-hydrogen) atoms. The normalized spacial score (nSPS) is 17.2.